The van der Waals surface area contributed by atoms with E-state index in [0.29, 0.717) is 25.2 Å². The van der Waals surface area contributed by atoms with E-state index >= 15 is 0 Å². The predicted octanol–water partition coefficient (Wildman–Crippen LogP) is 3.21. The highest BCUT2D eigenvalue weighted by Crippen LogP contribution is 2.32. The van der Waals surface area contributed by atoms with Gasteiger partial charge in [-0.2, -0.15) is 0 Å². The summed E-state index contributed by atoms with van der Waals surface area (Å²) < 4.78 is 10.8. The monoisotopic (exact) mass is 416 g/mol. The summed E-state index contributed by atoms with van der Waals surface area (Å²) in [6.45, 7) is 7.38. The minimum atomic E-state index is 0.133. The van der Waals surface area contributed by atoms with E-state index in [9.17, 15) is 0 Å². The summed E-state index contributed by atoms with van der Waals surface area (Å²) in [5, 5.41) is 7.66. The Morgan fingerprint density at radius 2 is 2.00 bits per heavy atom. The highest BCUT2D eigenvalue weighted by molar-refractivity contribution is 5.80. The molecule has 168 valence electrons. The highest BCUT2D eigenvalue weighted by Gasteiger charge is 2.36. The summed E-state index contributed by atoms with van der Waals surface area (Å²) in [5.41, 5.74) is 1.48. The number of nitrogens with zero attached hydrogens (tertiary/aromatic N) is 2. The van der Waals surface area contributed by atoms with Crippen LogP contribution in [0.15, 0.2) is 35.3 Å². The Bertz CT molecular complexity index is 646. The Hall–Kier alpha value is -1.63. The van der Waals surface area contributed by atoms with Crippen LogP contribution >= 0.6 is 0 Å². The maximum absolute atomic E-state index is 5.74. The molecule has 1 aromatic rings. The van der Waals surface area contributed by atoms with Crippen molar-refractivity contribution in [2.45, 2.75) is 50.6 Å². The summed E-state index contributed by atoms with van der Waals surface area (Å²) in [4.78, 5) is 6.97. The Labute approximate surface area is 182 Å². The van der Waals surface area contributed by atoms with E-state index in [2.05, 4.69) is 57.8 Å². The van der Waals surface area contributed by atoms with Gasteiger partial charge in [0.25, 0.3) is 0 Å². The average Bonchev–Trinajstić information content (AvgIpc) is 3.43. The van der Waals surface area contributed by atoms with Crippen molar-refractivity contribution < 1.29 is 9.47 Å². The summed E-state index contributed by atoms with van der Waals surface area (Å²) in [6, 6.07) is 11.1. The Morgan fingerprint density at radius 3 is 2.70 bits per heavy atom. The van der Waals surface area contributed by atoms with Gasteiger partial charge in [0.1, 0.15) is 0 Å². The second-order valence-corrected chi connectivity index (χ2v) is 8.83. The van der Waals surface area contributed by atoms with Crippen molar-refractivity contribution in [3.8, 4) is 0 Å². The van der Waals surface area contributed by atoms with E-state index in [1.165, 1.54) is 31.2 Å². The molecule has 6 nitrogen and oxygen atoms in total. The van der Waals surface area contributed by atoms with Gasteiger partial charge >= 0.3 is 0 Å². The molecule has 6 heteroatoms. The standard InChI is InChI=1S/C24H40N4O2/c1-20(22-9-5-4-6-10-22)27-24(12-7-8-13-24)19-26-23(25-2)28-14-11-21(17-28)18-30-16-15-29-3/h4-6,9-10,20-21,27H,7-8,11-19H2,1-3H3,(H,25,26). The van der Waals surface area contributed by atoms with Crippen molar-refractivity contribution in [3.05, 3.63) is 35.9 Å². The van der Waals surface area contributed by atoms with Crippen LogP contribution in [-0.4, -0.2) is 70.0 Å². The fourth-order valence-electron chi connectivity index (χ4n) is 4.84. The van der Waals surface area contributed by atoms with E-state index < -0.39 is 0 Å². The molecule has 2 unspecified atom stereocenters. The maximum Gasteiger partial charge on any atom is 0.193 e. The molecule has 3 rings (SSSR count). The minimum absolute atomic E-state index is 0.133. The van der Waals surface area contributed by atoms with Crippen LogP contribution in [0.25, 0.3) is 0 Å². The maximum atomic E-state index is 5.74. The number of ether oxygens (including phenoxy) is 2. The van der Waals surface area contributed by atoms with Crippen LogP contribution in [0.5, 0.6) is 0 Å². The number of hydrogen-bond acceptors (Lipinski definition) is 4. The van der Waals surface area contributed by atoms with Crippen molar-refractivity contribution in [3.63, 3.8) is 0 Å². The first-order chi connectivity index (χ1) is 14.7. The molecule has 1 saturated heterocycles. The molecule has 1 saturated carbocycles. The second kappa shape index (κ2) is 11.7. The Kier molecular flexibility index (Phi) is 8.97. The van der Waals surface area contributed by atoms with Gasteiger partial charge in [-0.1, -0.05) is 43.2 Å². The topological polar surface area (TPSA) is 58.1 Å². The van der Waals surface area contributed by atoms with Crippen molar-refractivity contribution in [1.29, 1.82) is 0 Å². The van der Waals surface area contributed by atoms with Gasteiger partial charge in [0.2, 0.25) is 0 Å². The Balaban J connectivity index is 1.51. The van der Waals surface area contributed by atoms with E-state index in [0.717, 1.165) is 38.6 Å². The third-order valence-electron chi connectivity index (χ3n) is 6.55. The first-order valence-corrected chi connectivity index (χ1v) is 11.5. The molecule has 1 aliphatic carbocycles. The van der Waals surface area contributed by atoms with Crippen LogP contribution in [0.2, 0.25) is 0 Å². The molecule has 2 atom stereocenters. The molecular weight excluding hydrogens is 376 g/mol. The molecule has 1 heterocycles. The summed E-state index contributed by atoms with van der Waals surface area (Å²) in [5.74, 6) is 1.59. The molecule has 2 N–H and O–H groups in total. The number of benzene rings is 1. The van der Waals surface area contributed by atoms with Gasteiger partial charge in [-0.3, -0.25) is 4.99 Å². The molecule has 0 amide bonds. The second-order valence-electron chi connectivity index (χ2n) is 8.83. The SMILES string of the molecule is CN=C(NCC1(NC(C)c2ccccc2)CCCC1)N1CCC(COCCOC)C1. The first-order valence-electron chi connectivity index (χ1n) is 11.5. The van der Waals surface area contributed by atoms with Gasteiger partial charge in [0.05, 0.1) is 19.8 Å². The largest absolute Gasteiger partial charge is 0.382 e. The zero-order valence-corrected chi connectivity index (χ0v) is 19.0. The molecule has 2 fully saturated rings. The lowest BCUT2D eigenvalue weighted by molar-refractivity contribution is 0.0536. The number of likely N-dealkylation sites (tertiary alicyclic amines) is 1. The molecule has 0 bridgehead atoms. The van der Waals surface area contributed by atoms with Crippen molar-refractivity contribution >= 4 is 5.96 Å². The van der Waals surface area contributed by atoms with E-state index in [1.54, 1.807) is 7.11 Å². The molecule has 0 spiro atoms. The molecule has 1 aromatic carbocycles. The van der Waals surface area contributed by atoms with Crippen molar-refractivity contribution in [2.75, 3.05) is 53.6 Å². The molecule has 0 aromatic heterocycles. The average molecular weight is 417 g/mol. The quantitative estimate of drug-likeness (QED) is 0.348. The lowest BCUT2D eigenvalue weighted by Crippen LogP contribution is -2.54. The van der Waals surface area contributed by atoms with Crippen molar-refractivity contribution in [1.82, 2.24) is 15.5 Å². The van der Waals surface area contributed by atoms with Gasteiger partial charge in [0.15, 0.2) is 5.96 Å². The van der Waals surface area contributed by atoms with Gasteiger partial charge in [-0.25, -0.2) is 0 Å². The smallest absolute Gasteiger partial charge is 0.193 e. The zero-order valence-electron chi connectivity index (χ0n) is 19.0. The van der Waals surface area contributed by atoms with Crippen molar-refractivity contribution in [2.24, 2.45) is 10.9 Å². The number of aliphatic imine (C=N–C) groups is 1. The van der Waals surface area contributed by atoms with Gasteiger partial charge in [-0.05, 0) is 31.7 Å². The third-order valence-corrected chi connectivity index (χ3v) is 6.55. The van der Waals surface area contributed by atoms with Gasteiger partial charge < -0.3 is 25.0 Å². The number of hydrogen-bond donors (Lipinski definition) is 2. The molecule has 2 aliphatic rings. The fraction of sp³-hybridized carbons (Fsp3) is 0.708. The van der Waals surface area contributed by atoms with Crippen LogP contribution in [-0.2, 0) is 9.47 Å². The Morgan fingerprint density at radius 1 is 1.23 bits per heavy atom. The number of nitrogens with one attached hydrogen (secondary N) is 2. The number of rotatable bonds is 10. The third kappa shape index (κ3) is 6.43. The van der Waals surface area contributed by atoms with E-state index in [4.69, 9.17) is 9.47 Å². The minimum Gasteiger partial charge on any atom is -0.382 e. The van der Waals surface area contributed by atoms with Crippen LogP contribution in [0.4, 0.5) is 0 Å². The first kappa shape index (κ1) is 23.0. The predicted molar refractivity (Wildman–Crippen MR) is 123 cm³/mol. The van der Waals surface area contributed by atoms with Gasteiger partial charge in [-0.15, -0.1) is 0 Å². The lowest BCUT2D eigenvalue weighted by Gasteiger charge is -2.35. The van der Waals surface area contributed by atoms with Crippen LogP contribution < -0.4 is 10.6 Å². The lowest BCUT2D eigenvalue weighted by atomic mass is 9.94. The molecule has 0 radical (unpaired) electrons. The van der Waals surface area contributed by atoms with E-state index in [-0.39, 0.29) is 5.54 Å². The summed E-state index contributed by atoms with van der Waals surface area (Å²) in [7, 11) is 3.61. The van der Waals surface area contributed by atoms with Crippen LogP contribution in [0.1, 0.15) is 50.6 Å². The normalized spacial score (nSPS) is 22.4. The highest BCUT2D eigenvalue weighted by atomic mass is 16.5. The van der Waals surface area contributed by atoms with Gasteiger partial charge in [0, 0.05) is 51.3 Å². The number of methoxy groups -OCH3 is 1. The van der Waals surface area contributed by atoms with Crippen LogP contribution in [0.3, 0.4) is 0 Å². The molecule has 1 aliphatic heterocycles. The summed E-state index contributed by atoms with van der Waals surface area (Å²) in [6.07, 6.45) is 6.16. The number of guanidine groups is 1. The zero-order chi connectivity index (χ0) is 21.2. The van der Waals surface area contributed by atoms with E-state index in [1.807, 2.05) is 7.05 Å². The summed E-state index contributed by atoms with van der Waals surface area (Å²) >= 11 is 0. The molecule has 30 heavy (non-hydrogen) atoms. The fourth-order valence-corrected chi connectivity index (χ4v) is 4.84. The van der Waals surface area contributed by atoms with Crippen LogP contribution in [0, 0.1) is 5.92 Å². The molecular formula is C24H40N4O2.